The molecule has 0 radical (unpaired) electrons. The van der Waals surface area contributed by atoms with Crippen molar-refractivity contribution in [3.63, 3.8) is 0 Å². The van der Waals surface area contributed by atoms with Crippen LogP contribution >= 0.6 is 0 Å². The summed E-state index contributed by atoms with van der Waals surface area (Å²) in [5, 5.41) is 11.1. The van der Waals surface area contributed by atoms with Gasteiger partial charge in [0.1, 0.15) is 6.33 Å². The van der Waals surface area contributed by atoms with E-state index in [1.54, 1.807) is 6.33 Å². The molecular formula is C15H27N5O2. The summed E-state index contributed by atoms with van der Waals surface area (Å²) >= 11 is 0. The maximum Gasteiger partial charge on any atom is 0.220 e. The molecule has 1 amide bonds. The SMILES string of the molecule is CC(C)n1cnnc1[C@H](C)NC(=O)CCCN1CCOCC1. The van der Waals surface area contributed by atoms with Gasteiger partial charge in [0, 0.05) is 25.6 Å². The minimum atomic E-state index is -0.124. The Balaban J connectivity index is 1.72. The quantitative estimate of drug-likeness (QED) is 0.818. The van der Waals surface area contributed by atoms with Crippen molar-refractivity contribution in [3.8, 4) is 0 Å². The number of rotatable bonds is 7. The number of nitrogens with one attached hydrogen (secondary N) is 1. The van der Waals surface area contributed by atoms with Gasteiger partial charge in [-0.25, -0.2) is 0 Å². The molecule has 0 saturated carbocycles. The molecule has 1 saturated heterocycles. The van der Waals surface area contributed by atoms with Gasteiger partial charge in [0.2, 0.25) is 5.91 Å². The Hall–Kier alpha value is -1.47. The van der Waals surface area contributed by atoms with E-state index in [1.807, 2.05) is 11.5 Å². The Morgan fingerprint density at radius 2 is 2.09 bits per heavy atom. The summed E-state index contributed by atoms with van der Waals surface area (Å²) in [7, 11) is 0. The van der Waals surface area contributed by atoms with Gasteiger partial charge in [-0.2, -0.15) is 0 Å². The number of aromatic nitrogens is 3. The second-order valence-corrected chi connectivity index (χ2v) is 6.04. The van der Waals surface area contributed by atoms with E-state index in [1.165, 1.54) is 0 Å². The van der Waals surface area contributed by atoms with Gasteiger partial charge < -0.3 is 14.6 Å². The van der Waals surface area contributed by atoms with E-state index in [2.05, 4.69) is 34.3 Å². The molecule has 0 spiro atoms. The minimum absolute atomic E-state index is 0.0686. The van der Waals surface area contributed by atoms with Gasteiger partial charge in [0.25, 0.3) is 0 Å². The van der Waals surface area contributed by atoms with Crippen molar-refractivity contribution >= 4 is 5.91 Å². The molecule has 0 aliphatic carbocycles. The first-order valence-corrected chi connectivity index (χ1v) is 8.06. The van der Waals surface area contributed by atoms with Gasteiger partial charge in [-0.3, -0.25) is 9.69 Å². The summed E-state index contributed by atoms with van der Waals surface area (Å²) in [6, 6.07) is 0.159. The number of carbonyl (C=O) groups excluding carboxylic acids is 1. The topological polar surface area (TPSA) is 72.3 Å². The molecule has 1 aliphatic rings. The lowest BCUT2D eigenvalue weighted by Crippen LogP contribution is -2.37. The number of ether oxygens (including phenoxy) is 1. The summed E-state index contributed by atoms with van der Waals surface area (Å²) in [5.74, 6) is 0.871. The molecular weight excluding hydrogens is 282 g/mol. The average molecular weight is 309 g/mol. The molecule has 7 nitrogen and oxygen atoms in total. The summed E-state index contributed by atoms with van der Waals surface area (Å²) in [4.78, 5) is 14.4. The molecule has 2 rings (SSSR count). The van der Waals surface area contributed by atoms with E-state index in [9.17, 15) is 4.79 Å². The third-order valence-electron chi connectivity index (χ3n) is 3.90. The maximum atomic E-state index is 12.1. The van der Waals surface area contributed by atoms with Crippen molar-refractivity contribution in [2.75, 3.05) is 32.8 Å². The van der Waals surface area contributed by atoms with Gasteiger partial charge in [0.05, 0.1) is 19.3 Å². The van der Waals surface area contributed by atoms with Crippen LogP contribution in [-0.4, -0.2) is 58.4 Å². The Bertz CT molecular complexity index is 468. The molecule has 0 unspecified atom stereocenters. The van der Waals surface area contributed by atoms with Crippen molar-refractivity contribution in [1.82, 2.24) is 25.0 Å². The predicted octanol–water partition coefficient (Wildman–Crippen LogP) is 1.15. The Morgan fingerprint density at radius 3 is 2.77 bits per heavy atom. The molecule has 2 heterocycles. The molecule has 0 aromatic carbocycles. The van der Waals surface area contributed by atoms with E-state index < -0.39 is 0 Å². The molecule has 1 atom stereocenters. The van der Waals surface area contributed by atoms with Crippen LogP contribution < -0.4 is 5.32 Å². The molecule has 7 heteroatoms. The van der Waals surface area contributed by atoms with Gasteiger partial charge in [-0.15, -0.1) is 10.2 Å². The van der Waals surface area contributed by atoms with Gasteiger partial charge >= 0.3 is 0 Å². The Kier molecular flexibility index (Phi) is 6.33. The number of hydrogen-bond acceptors (Lipinski definition) is 5. The molecule has 1 aromatic heterocycles. The van der Waals surface area contributed by atoms with E-state index in [0.717, 1.165) is 45.1 Å². The normalized spacial score (nSPS) is 17.6. The first-order valence-electron chi connectivity index (χ1n) is 8.06. The second-order valence-electron chi connectivity index (χ2n) is 6.04. The zero-order valence-corrected chi connectivity index (χ0v) is 13.8. The molecule has 124 valence electrons. The lowest BCUT2D eigenvalue weighted by atomic mass is 10.2. The Labute approximate surface area is 132 Å². The average Bonchev–Trinajstić information content (AvgIpc) is 2.98. The smallest absolute Gasteiger partial charge is 0.220 e. The van der Waals surface area contributed by atoms with Crippen molar-refractivity contribution in [2.24, 2.45) is 0 Å². The number of carbonyl (C=O) groups is 1. The summed E-state index contributed by atoms with van der Waals surface area (Å²) < 4.78 is 7.30. The third kappa shape index (κ3) is 4.78. The zero-order chi connectivity index (χ0) is 15.9. The van der Waals surface area contributed by atoms with Gasteiger partial charge in [-0.05, 0) is 33.7 Å². The van der Waals surface area contributed by atoms with E-state index >= 15 is 0 Å². The third-order valence-corrected chi connectivity index (χ3v) is 3.90. The largest absolute Gasteiger partial charge is 0.379 e. The second kappa shape index (κ2) is 8.24. The van der Waals surface area contributed by atoms with Crippen LogP contribution in [0.25, 0.3) is 0 Å². The van der Waals surface area contributed by atoms with E-state index in [-0.39, 0.29) is 18.0 Å². The fourth-order valence-corrected chi connectivity index (χ4v) is 2.63. The highest BCUT2D eigenvalue weighted by Gasteiger charge is 2.17. The summed E-state index contributed by atoms with van der Waals surface area (Å²) in [6.45, 7) is 10.6. The Morgan fingerprint density at radius 1 is 1.36 bits per heavy atom. The fraction of sp³-hybridized carbons (Fsp3) is 0.800. The van der Waals surface area contributed by atoms with Crippen LogP contribution in [0.1, 0.15) is 51.5 Å². The monoisotopic (exact) mass is 309 g/mol. The molecule has 1 fully saturated rings. The lowest BCUT2D eigenvalue weighted by molar-refractivity contribution is -0.122. The predicted molar refractivity (Wildman–Crippen MR) is 83.5 cm³/mol. The number of amides is 1. The number of morpholine rings is 1. The van der Waals surface area contributed by atoms with Gasteiger partial charge in [-0.1, -0.05) is 0 Å². The highest BCUT2D eigenvalue weighted by atomic mass is 16.5. The van der Waals surface area contributed by atoms with E-state index in [0.29, 0.717) is 6.42 Å². The number of nitrogens with zero attached hydrogens (tertiary/aromatic N) is 4. The van der Waals surface area contributed by atoms with Crippen LogP contribution in [0.5, 0.6) is 0 Å². The van der Waals surface area contributed by atoms with Crippen LogP contribution in [0, 0.1) is 0 Å². The number of hydrogen-bond donors (Lipinski definition) is 1. The highest BCUT2D eigenvalue weighted by Crippen LogP contribution is 2.14. The van der Waals surface area contributed by atoms with E-state index in [4.69, 9.17) is 4.74 Å². The zero-order valence-electron chi connectivity index (χ0n) is 13.8. The fourth-order valence-electron chi connectivity index (χ4n) is 2.63. The molecule has 0 bridgehead atoms. The standard InChI is InChI=1S/C15H27N5O2/c1-12(2)20-11-16-18-15(20)13(3)17-14(21)5-4-6-19-7-9-22-10-8-19/h11-13H,4-10H2,1-3H3,(H,17,21)/t13-/m0/s1. The van der Waals surface area contributed by atoms with Crippen LogP contribution in [-0.2, 0) is 9.53 Å². The van der Waals surface area contributed by atoms with Crippen molar-refractivity contribution in [1.29, 1.82) is 0 Å². The van der Waals surface area contributed by atoms with Gasteiger partial charge in [0.15, 0.2) is 5.82 Å². The first kappa shape index (κ1) is 16.9. The molecule has 1 N–H and O–H groups in total. The van der Waals surface area contributed by atoms with Crippen molar-refractivity contribution in [2.45, 2.75) is 45.7 Å². The van der Waals surface area contributed by atoms with Crippen molar-refractivity contribution in [3.05, 3.63) is 12.2 Å². The molecule has 22 heavy (non-hydrogen) atoms. The summed E-state index contributed by atoms with van der Waals surface area (Å²) in [5.41, 5.74) is 0. The lowest BCUT2D eigenvalue weighted by Gasteiger charge is -2.26. The van der Waals surface area contributed by atoms with Crippen LogP contribution in [0.15, 0.2) is 6.33 Å². The maximum absolute atomic E-state index is 12.1. The molecule has 1 aliphatic heterocycles. The minimum Gasteiger partial charge on any atom is -0.379 e. The first-order chi connectivity index (χ1) is 10.6. The van der Waals surface area contributed by atoms with Crippen LogP contribution in [0.4, 0.5) is 0 Å². The van der Waals surface area contributed by atoms with Crippen LogP contribution in [0.2, 0.25) is 0 Å². The molecule has 1 aromatic rings. The summed E-state index contributed by atoms with van der Waals surface area (Å²) in [6.07, 6.45) is 3.12. The van der Waals surface area contributed by atoms with Crippen LogP contribution in [0.3, 0.4) is 0 Å². The highest BCUT2D eigenvalue weighted by molar-refractivity contribution is 5.76. The van der Waals surface area contributed by atoms with Crippen molar-refractivity contribution < 1.29 is 9.53 Å².